The average molecular weight is 451 g/mol. The molecule has 0 bridgehead atoms. The number of carbonyl (C=O) groups excluding carboxylic acids is 2. The van der Waals surface area contributed by atoms with Crippen molar-refractivity contribution in [3.8, 4) is 11.5 Å². The third-order valence-electron chi connectivity index (χ3n) is 4.60. The molecule has 1 aliphatic rings. The summed E-state index contributed by atoms with van der Waals surface area (Å²) in [5.41, 5.74) is 0.887. The molecular weight excluding hydrogens is 428 g/mol. The Morgan fingerprint density at radius 2 is 1.97 bits per heavy atom. The Bertz CT molecular complexity index is 1080. The monoisotopic (exact) mass is 450 g/mol. The highest BCUT2D eigenvalue weighted by atomic mass is 32.2. The largest absolute Gasteiger partial charge is 0.497 e. The second-order valence-electron chi connectivity index (χ2n) is 6.67. The smallest absolute Gasteiger partial charge is 0.234 e. The maximum atomic E-state index is 13.0. The van der Waals surface area contributed by atoms with Crippen molar-refractivity contribution in [3.63, 3.8) is 0 Å². The molecule has 2 N–H and O–H groups in total. The van der Waals surface area contributed by atoms with Crippen molar-refractivity contribution in [2.45, 2.75) is 28.4 Å². The van der Waals surface area contributed by atoms with E-state index in [-0.39, 0.29) is 17.2 Å². The van der Waals surface area contributed by atoms with Crippen molar-refractivity contribution in [3.05, 3.63) is 36.4 Å². The van der Waals surface area contributed by atoms with Crippen LogP contribution in [-0.4, -0.2) is 45.5 Å². The van der Waals surface area contributed by atoms with Gasteiger partial charge in [-0.25, -0.2) is 8.42 Å². The first-order valence-electron chi connectivity index (χ1n) is 9.07. The van der Waals surface area contributed by atoms with Crippen LogP contribution in [0.2, 0.25) is 0 Å². The maximum absolute atomic E-state index is 13.0. The van der Waals surface area contributed by atoms with Crippen LogP contribution in [-0.2, 0) is 19.4 Å². The summed E-state index contributed by atoms with van der Waals surface area (Å²) >= 11 is 1.35. The number of benzene rings is 2. The number of anilines is 2. The van der Waals surface area contributed by atoms with E-state index in [0.717, 1.165) is 4.90 Å². The van der Waals surface area contributed by atoms with Crippen molar-refractivity contribution in [1.82, 2.24) is 0 Å². The van der Waals surface area contributed by atoms with E-state index in [1.54, 1.807) is 24.3 Å². The molecule has 0 saturated heterocycles. The molecular formula is C20H22N2O6S2. The van der Waals surface area contributed by atoms with E-state index in [0.29, 0.717) is 28.6 Å². The molecule has 0 unspecified atom stereocenters. The summed E-state index contributed by atoms with van der Waals surface area (Å²) in [5, 5.41) is 4.39. The Labute approximate surface area is 179 Å². The third-order valence-corrected chi connectivity index (χ3v) is 7.81. The number of nitrogens with one attached hydrogen (secondary N) is 2. The first kappa shape index (κ1) is 22.0. The minimum absolute atomic E-state index is 0.0615. The van der Waals surface area contributed by atoms with Gasteiger partial charge in [-0.05, 0) is 37.3 Å². The number of amides is 2. The molecule has 0 aliphatic carbocycles. The molecule has 8 nitrogen and oxygen atoms in total. The van der Waals surface area contributed by atoms with Crippen LogP contribution in [0.3, 0.4) is 0 Å². The normalized spacial score (nSPS) is 14.3. The number of thioether (sulfide) groups is 1. The van der Waals surface area contributed by atoms with Gasteiger partial charge in [0, 0.05) is 17.4 Å². The number of ether oxygens (including phenoxy) is 2. The van der Waals surface area contributed by atoms with E-state index in [1.165, 1.54) is 45.0 Å². The van der Waals surface area contributed by atoms with E-state index in [2.05, 4.69) is 10.6 Å². The lowest BCUT2D eigenvalue weighted by Gasteiger charge is -2.19. The molecule has 0 radical (unpaired) electrons. The van der Waals surface area contributed by atoms with Gasteiger partial charge in [0.2, 0.25) is 11.8 Å². The van der Waals surface area contributed by atoms with Gasteiger partial charge in [0.25, 0.3) is 0 Å². The fourth-order valence-electron chi connectivity index (χ4n) is 2.95. The Balaban J connectivity index is 1.73. The highest BCUT2D eigenvalue weighted by molar-refractivity contribution is 8.00. The van der Waals surface area contributed by atoms with Crippen molar-refractivity contribution in [1.29, 1.82) is 0 Å². The van der Waals surface area contributed by atoms with Gasteiger partial charge in [-0.1, -0.05) is 0 Å². The van der Waals surface area contributed by atoms with E-state index in [9.17, 15) is 18.0 Å². The first-order chi connectivity index (χ1) is 14.2. The molecule has 1 heterocycles. The summed E-state index contributed by atoms with van der Waals surface area (Å²) in [5.74, 6) is 0.628. The van der Waals surface area contributed by atoms with Gasteiger partial charge in [-0.15, -0.1) is 11.8 Å². The summed E-state index contributed by atoms with van der Waals surface area (Å²) < 4.78 is 36.3. The minimum Gasteiger partial charge on any atom is -0.497 e. The molecule has 1 atom stereocenters. The number of methoxy groups -OCH3 is 2. The lowest BCUT2D eigenvalue weighted by Crippen LogP contribution is -2.25. The molecule has 2 aromatic rings. The number of hydrogen-bond donors (Lipinski definition) is 2. The zero-order chi connectivity index (χ0) is 21.9. The second kappa shape index (κ2) is 8.97. The van der Waals surface area contributed by atoms with Gasteiger partial charge in [-0.3, -0.25) is 9.59 Å². The summed E-state index contributed by atoms with van der Waals surface area (Å²) in [6, 6.07) is 9.52. The van der Waals surface area contributed by atoms with E-state index < -0.39 is 21.0 Å². The highest BCUT2D eigenvalue weighted by Gasteiger charge is 2.28. The van der Waals surface area contributed by atoms with Gasteiger partial charge in [0.1, 0.15) is 11.5 Å². The van der Waals surface area contributed by atoms with E-state index in [4.69, 9.17) is 9.47 Å². The van der Waals surface area contributed by atoms with E-state index >= 15 is 0 Å². The van der Waals surface area contributed by atoms with Crippen LogP contribution in [0.5, 0.6) is 11.5 Å². The molecule has 0 fully saturated rings. The summed E-state index contributed by atoms with van der Waals surface area (Å²) in [6.07, 6.45) is -0.240. The van der Waals surface area contributed by atoms with E-state index in [1.807, 2.05) is 0 Å². The Morgan fingerprint density at radius 1 is 1.20 bits per heavy atom. The van der Waals surface area contributed by atoms with Gasteiger partial charge >= 0.3 is 0 Å². The van der Waals surface area contributed by atoms with Crippen LogP contribution in [0.25, 0.3) is 0 Å². The first-order valence-corrected chi connectivity index (χ1v) is 11.6. The van der Waals surface area contributed by atoms with Crippen LogP contribution < -0.4 is 20.1 Å². The number of sulfone groups is 1. The quantitative estimate of drug-likeness (QED) is 0.667. The lowest BCUT2D eigenvalue weighted by molar-refractivity contribution is -0.116. The number of carbonyl (C=O) groups is 2. The molecule has 160 valence electrons. The Morgan fingerprint density at radius 3 is 2.67 bits per heavy atom. The highest BCUT2D eigenvalue weighted by Crippen LogP contribution is 2.34. The maximum Gasteiger partial charge on any atom is 0.234 e. The molecule has 0 saturated carbocycles. The molecule has 10 heteroatoms. The summed E-state index contributed by atoms with van der Waals surface area (Å²) in [4.78, 5) is 24.9. The SMILES string of the molecule is COc1ccc(NC(=O)C[C@H](C)S(=O)(=O)c2ccc3c(c2)NC(=O)CS3)c(OC)c1. The number of fused-ring (bicyclic) bond motifs is 1. The van der Waals surface area contributed by atoms with Crippen molar-refractivity contribution >= 4 is 44.8 Å². The third kappa shape index (κ3) is 4.71. The Kier molecular flexibility index (Phi) is 6.57. The van der Waals surface area contributed by atoms with Crippen molar-refractivity contribution in [2.75, 3.05) is 30.6 Å². The van der Waals surface area contributed by atoms with Crippen LogP contribution in [0, 0.1) is 0 Å². The molecule has 2 aromatic carbocycles. The zero-order valence-corrected chi connectivity index (χ0v) is 18.4. The van der Waals surface area contributed by atoms with Crippen molar-refractivity contribution in [2.24, 2.45) is 0 Å². The van der Waals surface area contributed by atoms with Crippen molar-refractivity contribution < 1.29 is 27.5 Å². The average Bonchev–Trinajstić information content (AvgIpc) is 2.73. The molecule has 2 amide bonds. The lowest BCUT2D eigenvalue weighted by atomic mass is 10.2. The topological polar surface area (TPSA) is 111 Å². The fraction of sp³-hybridized carbons (Fsp3) is 0.300. The molecule has 30 heavy (non-hydrogen) atoms. The van der Waals surface area contributed by atoms with Gasteiger partial charge in [-0.2, -0.15) is 0 Å². The van der Waals surface area contributed by atoms with Gasteiger partial charge in [0.15, 0.2) is 9.84 Å². The molecule has 3 rings (SSSR count). The number of rotatable bonds is 7. The molecule has 0 spiro atoms. The Hall–Kier alpha value is -2.72. The van der Waals surface area contributed by atoms with Crippen LogP contribution >= 0.6 is 11.8 Å². The molecule has 0 aromatic heterocycles. The van der Waals surface area contributed by atoms with Gasteiger partial charge in [0.05, 0.1) is 41.5 Å². The predicted molar refractivity (Wildman–Crippen MR) is 115 cm³/mol. The van der Waals surface area contributed by atoms with Gasteiger partial charge < -0.3 is 20.1 Å². The number of hydrogen-bond acceptors (Lipinski definition) is 7. The minimum atomic E-state index is -3.78. The van der Waals surface area contributed by atoms with Crippen LogP contribution in [0.1, 0.15) is 13.3 Å². The summed E-state index contributed by atoms with van der Waals surface area (Å²) in [6.45, 7) is 1.48. The van der Waals surface area contributed by atoms with Crippen LogP contribution in [0.15, 0.2) is 46.2 Å². The summed E-state index contributed by atoms with van der Waals surface area (Å²) in [7, 11) is -0.795. The fourth-order valence-corrected chi connectivity index (χ4v) is 5.11. The van der Waals surface area contributed by atoms with Crippen LogP contribution in [0.4, 0.5) is 11.4 Å². The zero-order valence-electron chi connectivity index (χ0n) is 16.7. The standard InChI is InChI=1S/C20H22N2O6S2/c1-12(8-19(23)21-15-6-4-13(27-2)9-17(15)28-3)30(25,26)14-5-7-18-16(10-14)22-20(24)11-29-18/h4-7,9-10,12H,8,11H2,1-3H3,(H,21,23)(H,22,24)/t12-/m0/s1. The predicted octanol–water partition coefficient (Wildman–Crippen LogP) is 2.94. The molecule has 1 aliphatic heterocycles. The second-order valence-corrected chi connectivity index (χ2v) is 10.1.